The van der Waals surface area contributed by atoms with Crippen molar-refractivity contribution in [2.75, 3.05) is 25.1 Å². The van der Waals surface area contributed by atoms with Crippen LogP contribution in [0, 0.1) is 10.1 Å². The molecule has 1 saturated heterocycles. The van der Waals surface area contributed by atoms with Gasteiger partial charge in [-0.25, -0.2) is 14.8 Å². The van der Waals surface area contributed by atoms with Crippen LogP contribution in [0.3, 0.4) is 0 Å². The molecular formula is C15H16N4O4S. The summed E-state index contributed by atoms with van der Waals surface area (Å²) >= 11 is 1.59. The maximum atomic E-state index is 11.6. The molecular weight excluding hydrogens is 332 g/mol. The summed E-state index contributed by atoms with van der Waals surface area (Å²) < 4.78 is 4.60. The molecule has 1 atom stereocenters. The molecule has 1 unspecified atom stereocenters. The number of carbonyl (C=O) groups excluding carboxylic acids is 1. The number of carbonyl (C=O) groups is 1. The Balaban J connectivity index is 1.90. The van der Waals surface area contributed by atoms with Crippen molar-refractivity contribution in [2.24, 2.45) is 0 Å². The van der Waals surface area contributed by atoms with E-state index in [-0.39, 0.29) is 23.0 Å². The molecule has 1 aliphatic heterocycles. The number of nitrogens with zero attached hydrogens (tertiary/aromatic N) is 4. The van der Waals surface area contributed by atoms with Crippen molar-refractivity contribution in [2.45, 2.75) is 18.8 Å². The van der Waals surface area contributed by atoms with Crippen molar-refractivity contribution in [1.82, 2.24) is 9.97 Å². The molecule has 1 fully saturated rings. The molecule has 2 aromatic rings. The molecule has 0 N–H and O–H groups in total. The summed E-state index contributed by atoms with van der Waals surface area (Å²) in [4.78, 5) is 32.9. The number of thiazole rings is 1. The minimum atomic E-state index is -0.642. The number of hydrogen-bond acceptors (Lipinski definition) is 8. The topological polar surface area (TPSA) is 98.5 Å². The van der Waals surface area contributed by atoms with Crippen LogP contribution in [0.2, 0.25) is 0 Å². The van der Waals surface area contributed by atoms with Crippen molar-refractivity contribution in [3.8, 4) is 0 Å². The molecule has 0 spiro atoms. The molecule has 0 radical (unpaired) electrons. The zero-order valence-electron chi connectivity index (χ0n) is 13.0. The van der Waals surface area contributed by atoms with Crippen LogP contribution < -0.4 is 4.90 Å². The second-order valence-corrected chi connectivity index (χ2v) is 6.40. The van der Waals surface area contributed by atoms with E-state index < -0.39 is 10.9 Å². The second kappa shape index (κ2) is 6.91. The number of esters is 1. The Kier molecular flexibility index (Phi) is 4.70. The molecule has 9 heteroatoms. The van der Waals surface area contributed by atoms with E-state index in [4.69, 9.17) is 0 Å². The van der Waals surface area contributed by atoms with Gasteiger partial charge in [-0.3, -0.25) is 10.1 Å². The average molecular weight is 348 g/mol. The SMILES string of the molecule is COC(=O)c1cnc(N2CCCC(c3nccs3)C2)c([N+](=O)[O-])c1. The first-order valence-corrected chi connectivity index (χ1v) is 8.35. The predicted octanol–water partition coefficient (Wildman–Crippen LogP) is 2.62. The Morgan fingerprint density at radius 3 is 3.00 bits per heavy atom. The highest BCUT2D eigenvalue weighted by atomic mass is 32.1. The number of piperidine rings is 1. The van der Waals surface area contributed by atoms with E-state index in [2.05, 4.69) is 14.7 Å². The lowest BCUT2D eigenvalue weighted by Crippen LogP contribution is -2.35. The smallest absolute Gasteiger partial charge is 0.339 e. The van der Waals surface area contributed by atoms with Gasteiger partial charge < -0.3 is 9.64 Å². The van der Waals surface area contributed by atoms with Crippen LogP contribution in [0.25, 0.3) is 0 Å². The van der Waals surface area contributed by atoms with Crippen LogP contribution in [0.15, 0.2) is 23.8 Å². The molecule has 8 nitrogen and oxygen atoms in total. The molecule has 0 bridgehead atoms. The van der Waals surface area contributed by atoms with Gasteiger partial charge in [0.1, 0.15) is 0 Å². The normalized spacial score (nSPS) is 17.5. The first-order chi connectivity index (χ1) is 11.6. The fourth-order valence-electron chi connectivity index (χ4n) is 2.86. The van der Waals surface area contributed by atoms with Gasteiger partial charge in [-0.05, 0) is 12.8 Å². The van der Waals surface area contributed by atoms with E-state index in [1.54, 1.807) is 17.5 Å². The van der Waals surface area contributed by atoms with Crippen molar-refractivity contribution < 1.29 is 14.5 Å². The van der Waals surface area contributed by atoms with Crippen molar-refractivity contribution in [3.63, 3.8) is 0 Å². The lowest BCUT2D eigenvalue weighted by atomic mass is 9.98. The summed E-state index contributed by atoms with van der Waals surface area (Å²) in [6.45, 7) is 1.31. The van der Waals surface area contributed by atoms with Crippen LogP contribution in [-0.4, -0.2) is 41.1 Å². The van der Waals surface area contributed by atoms with Crippen molar-refractivity contribution >= 4 is 28.8 Å². The summed E-state index contributed by atoms with van der Waals surface area (Å²) in [6, 6.07) is 1.22. The maximum Gasteiger partial charge on any atom is 0.339 e. The van der Waals surface area contributed by atoms with Gasteiger partial charge in [0.2, 0.25) is 5.82 Å². The lowest BCUT2D eigenvalue weighted by molar-refractivity contribution is -0.384. The number of anilines is 1. The summed E-state index contributed by atoms with van der Waals surface area (Å²) in [6.07, 6.45) is 4.99. The molecule has 0 amide bonds. The molecule has 24 heavy (non-hydrogen) atoms. The Hall–Kier alpha value is -2.55. The molecule has 3 rings (SSSR count). The number of ether oxygens (including phenoxy) is 1. The van der Waals surface area contributed by atoms with Gasteiger partial charge >= 0.3 is 11.7 Å². The minimum absolute atomic E-state index is 0.0708. The summed E-state index contributed by atoms with van der Waals surface area (Å²) in [5.41, 5.74) is -0.112. The van der Waals surface area contributed by atoms with E-state index >= 15 is 0 Å². The van der Waals surface area contributed by atoms with Crippen LogP contribution in [0.5, 0.6) is 0 Å². The molecule has 3 heterocycles. The van der Waals surface area contributed by atoms with E-state index in [1.165, 1.54) is 19.4 Å². The van der Waals surface area contributed by atoms with Crippen LogP contribution in [0.1, 0.15) is 34.1 Å². The fourth-order valence-corrected chi connectivity index (χ4v) is 3.63. The maximum absolute atomic E-state index is 11.6. The monoisotopic (exact) mass is 348 g/mol. The summed E-state index contributed by atoms with van der Waals surface area (Å²) in [5.74, 6) is -0.120. The fraction of sp³-hybridized carbons (Fsp3) is 0.400. The van der Waals surface area contributed by atoms with Crippen molar-refractivity contribution in [3.05, 3.63) is 44.5 Å². The number of methoxy groups -OCH3 is 1. The van der Waals surface area contributed by atoms with Gasteiger partial charge in [0.25, 0.3) is 0 Å². The van der Waals surface area contributed by atoms with E-state index in [9.17, 15) is 14.9 Å². The van der Waals surface area contributed by atoms with Gasteiger partial charge in [-0.15, -0.1) is 11.3 Å². The molecule has 1 aliphatic rings. The molecule has 2 aromatic heterocycles. The minimum Gasteiger partial charge on any atom is -0.465 e. The van der Waals surface area contributed by atoms with Crippen LogP contribution in [-0.2, 0) is 4.74 Å². The second-order valence-electron chi connectivity index (χ2n) is 5.47. The largest absolute Gasteiger partial charge is 0.465 e. The third-order valence-corrected chi connectivity index (χ3v) is 4.92. The molecule has 0 aromatic carbocycles. The Labute approximate surface area is 142 Å². The zero-order valence-corrected chi connectivity index (χ0v) is 13.9. The van der Waals surface area contributed by atoms with E-state index in [1.807, 2.05) is 10.3 Å². The van der Waals surface area contributed by atoms with Gasteiger partial charge in [0.15, 0.2) is 0 Å². The third kappa shape index (κ3) is 3.21. The lowest BCUT2D eigenvalue weighted by Gasteiger charge is -2.32. The number of rotatable bonds is 4. The van der Waals surface area contributed by atoms with Crippen molar-refractivity contribution in [1.29, 1.82) is 0 Å². The van der Waals surface area contributed by atoms with E-state index in [0.29, 0.717) is 13.1 Å². The zero-order chi connectivity index (χ0) is 17.1. The van der Waals surface area contributed by atoms with E-state index in [0.717, 1.165) is 17.8 Å². The Morgan fingerprint density at radius 2 is 2.33 bits per heavy atom. The quantitative estimate of drug-likeness (QED) is 0.476. The molecule has 0 aliphatic carbocycles. The highest BCUT2D eigenvalue weighted by Gasteiger charge is 2.29. The van der Waals surface area contributed by atoms with Gasteiger partial charge in [0, 0.05) is 42.8 Å². The Bertz CT molecular complexity index is 750. The van der Waals surface area contributed by atoms with Gasteiger partial charge in [-0.2, -0.15) is 0 Å². The average Bonchev–Trinajstić information content (AvgIpc) is 3.15. The van der Waals surface area contributed by atoms with Crippen LogP contribution in [0.4, 0.5) is 11.5 Å². The highest BCUT2D eigenvalue weighted by Crippen LogP contribution is 2.34. The van der Waals surface area contributed by atoms with Crippen LogP contribution >= 0.6 is 11.3 Å². The highest BCUT2D eigenvalue weighted by molar-refractivity contribution is 7.09. The van der Waals surface area contributed by atoms with Gasteiger partial charge in [-0.1, -0.05) is 0 Å². The predicted molar refractivity (Wildman–Crippen MR) is 88.5 cm³/mol. The number of hydrogen-bond donors (Lipinski definition) is 0. The Morgan fingerprint density at radius 1 is 1.50 bits per heavy atom. The molecule has 0 saturated carbocycles. The first-order valence-electron chi connectivity index (χ1n) is 7.47. The number of nitro groups is 1. The number of pyridine rings is 1. The summed E-state index contributed by atoms with van der Waals surface area (Å²) in [7, 11) is 1.23. The molecule has 126 valence electrons. The first kappa shape index (κ1) is 16.3. The third-order valence-electron chi connectivity index (χ3n) is 3.99. The van der Waals surface area contributed by atoms with Gasteiger partial charge in [0.05, 0.1) is 22.6 Å². The number of aromatic nitrogens is 2. The standard InChI is InChI=1S/C15H16N4O4S/c1-23-15(20)11-7-12(19(21)22)13(17-8-11)18-5-2-3-10(9-18)14-16-4-6-24-14/h4,6-8,10H,2-3,5,9H2,1H3. The summed E-state index contributed by atoms with van der Waals surface area (Å²) in [5, 5.41) is 14.4.